The summed E-state index contributed by atoms with van der Waals surface area (Å²) in [7, 11) is 1.25. The van der Waals surface area contributed by atoms with E-state index in [1.54, 1.807) is 6.08 Å². The van der Waals surface area contributed by atoms with Crippen LogP contribution in [0.25, 0.3) is 0 Å². The quantitative estimate of drug-likeness (QED) is 0.0272. The number of rotatable bonds is 76. The van der Waals surface area contributed by atoms with Crippen LogP contribution in [0.1, 0.15) is 425 Å². The standard InChI is InChI=1S/C81H159N2O6P/c1-6-8-10-12-14-16-18-20-22-24-26-28-30-32-34-36-37-38-39-40-41-42-43-44-45-46-47-49-51-53-55-57-59-61-63-65-67-69-71-73-75-81(85)82-79(78-89-90(86,87)88-77-76-83(3,4)5)80(84)74-72-70-68-66-64-62-60-58-56-54-52-50-48-35-33-31-29-27-25-23-21-19-17-15-13-11-9-7-2/h56,58,64,66,72,74,79-80,84H,6-55,57,59-63,65,67-71,73,75-78H2,1-5H3,(H-,82,85,86,87)/b58-56+,66-64+,74-72+. The number of quaternary nitrogens is 1. The minimum atomic E-state index is -4.62. The Bertz CT molecular complexity index is 1560. The number of phosphoric acid groups is 1. The molecule has 0 aromatic rings. The number of nitrogens with zero attached hydrogens (tertiary/aromatic N) is 1. The van der Waals surface area contributed by atoms with Gasteiger partial charge in [0, 0.05) is 6.42 Å². The molecule has 0 rings (SSSR count). The molecule has 0 aromatic heterocycles. The van der Waals surface area contributed by atoms with Gasteiger partial charge in [-0.15, -0.1) is 0 Å². The lowest BCUT2D eigenvalue weighted by atomic mass is 10.0. The molecule has 0 spiro atoms. The fourth-order valence-electron chi connectivity index (χ4n) is 12.6. The lowest BCUT2D eigenvalue weighted by molar-refractivity contribution is -0.870. The zero-order chi connectivity index (χ0) is 65.5. The first kappa shape index (κ1) is 88.7. The number of allylic oxidation sites excluding steroid dienone is 5. The van der Waals surface area contributed by atoms with Gasteiger partial charge in [0.2, 0.25) is 5.91 Å². The van der Waals surface area contributed by atoms with Crippen LogP contribution in [0.5, 0.6) is 0 Å². The van der Waals surface area contributed by atoms with Crippen LogP contribution in [0.15, 0.2) is 36.5 Å². The molecule has 0 aliphatic heterocycles. The van der Waals surface area contributed by atoms with E-state index < -0.39 is 26.6 Å². The summed E-state index contributed by atoms with van der Waals surface area (Å²) in [6.45, 7) is 4.69. The van der Waals surface area contributed by atoms with Crippen molar-refractivity contribution in [3.8, 4) is 0 Å². The van der Waals surface area contributed by atoms with E-state index in [4.69, 9.17) is 9.05 Å². The van der Waals surface area contributed by atoms with Gasteiger partial charge in [-0.3, -0.25) is 9.36 Å². The average Bonchev–Trinajstić information content (AvgIpc) is 3.62. The largest absolute Gasteiger partial charge is 0.756 e. The van der Waals surface area contributed by atoms with E-state index in [0.717, 1.165) is 44.9 Å². The number of amides is 1. The maximum Gasteiger partial charge on any atom is 0.268 e. The molecule has 0 aliphatic rings. The molecule has 3 atom stereocenters. The van der Waals surface area contributed by atoms with E-state index in [1.807, 2.05) is 27.2 Å². The second-order valence-corrected chi connectivity index (χ2v) is 30.5. The molecule has 1 amide bonds. The van der Waals surface area contributed by atoms with Gasteiger partial charge in [0.15, 0.2) is 0 Å². The van der Waals surface area contributed by atoms with Gasteiger partial charge in [-0.25, -0.2) is 0 Å². The lowest BCUT2D eigenvalue weighted by Gasteiger charge is -2.29. The number of nitrogens with one attached hydrogen (secondary N) is 1. The van der Waals surface area contributed by atoms with Gasteiger partial charge in [0.1, 0.15) is 13.2 Å². The van der Waals surface area contributed by atoms with Crippen LogP contribution in [0, 0.1) is 0 Å². The summed E-state index contributed by atoms with van der Waals surface area (Å²) in [5.74, 6) is -0.202. The zero-order valence-electron chi connectivity index (χ0n) is 61.4. The minimum absolute atomic E-state index is 0.00695. The van der Waals surface area contributed by atoms with Crippen LogP contribution in [0.4, 0.5) is 0 Å². The van der Waals surface area contributed by atoms with Crippen molar-refractivity contribution in [1.29, 1.82) is 0 Å². The Kier molecular flexibility index (Phi) is 71.0. The maximum absolute atomic E-state index is 13.1. The SMILES string of the molecule is CCCCCCCCCCCCCCCCCCCC/C=C/CC/C=C/CC/C=C/C(O)C(COP(=O)([O-])OCC[N+](C)(C)C)NC(=O)CCCCCCCCCCCCCCCCCCCCCCCCCCCCCCCCCCCCCCCCCC. The molecule has 3 unspecified atom stereocenters. The zero-order valence-corrected chi connectivity index (χ0v) is 62.3. The molecule has 0 fully saturated rings. The molecule has 0 bridgehead atoms. The first-order valence-electron chi connectivity index (χ1n) is 40.4. The Morgan fingerprint density at radius 3 is 0.900 bits per heavy atom. The Labute approximate surface area is 563 Å². The van der Waals surface area contributed by atoms with Crippen LogP contribution in [0.3, 0.4) is 0 Å². The number of hydrogen-bond donors (Lipinski definition) is 2. The molecule has 0 heterocycles. The number of aliphatic hydroxyl groups is 1. The molecule has 0 saturated heterocycles. The van der Waals surface area contributed by atoms with E-state index in [2.05, 4.69) is 43.5 Å². The minimum Gasteiger partial charge on any atom is -0.756 e. The average molecular weight is 1290 g/mol. The molecule has 0 aromatic carbocycles. The molecule has 2 N–H and O–H groups in total. The molecule has 534 valence electrons. The Balaban J connectivity index is 3.95. The van der Waals surface area contributed by atoms with Gasteiger partial charge >= 0.3 is 0 Å². The molecule has 0 aliphatic carbocycles. The Hall–Kier alpha value is -1.28. The first-order chi connectivity index (χ1) is 44.0. The lowest BCUT2D eigenvalue weighted by Crippen LogP contribution is -2.45. The highest BCUT2D eigenvalue weighted by Gasteiger charge is 2.23. The highest BCUT2D eigenvalue weighted by Crippen LogP contribution is 2.38. The van der Waals surface area contributed by atoms with Crippen LogP contribution in [0.2, 0.25) is 0 Å². The summed E-state index contributed by atoms with van der Waals surface area (Å²) >= 11 is 0. The van der Waals surface area contributed by atoms with Crippen molar-refractivity contribution in [3.63, 3.8) is 0 Å². The van der Waals surface area contributed by atoms with Crippen molar-refractivity contribution >= 4 is 13.7 Å². The van der Waals surface area contributed by atoms with Crippen LogP contribution >= 0.6 is 7.82 Å². The van der Waals surface area contributed by atoms with Crippen molar-refractivity contribution < 1.29 is 32.9 Å². The molecule has 8 nitrogen and oxygen atoms in total. The Morgan fingerprint density at radius 1 is 0.378 bits per heavy atom. The summed E-state index contributed by atoms with van der Waals surface area (Å²) in [5.41, 5.74) is 0. The smallest absolute Gasteiger partial charge is 0.268 e. The number of carbonyl (C=O) groups excluding carboxylic acids is 1. The normalized spacial score (nSPS) is 13.6. The molecule has 0 saturated carbocycles. The summed E-state index contributed by atoms with van der Waals surface area (Å²) in [5, 5.41) is 14.0. The van der Waals surface area contributed by atoms with Gasteiger partial charge in [-0.1, -0.05) is 410 Å². The van der Waals surface area contributed by atoms with Crippen molar-refractivity contribution in [2.75, 3.05) is 40.9 Å². The van der Waals surface area contributed by atoms with Crippen molar-refractivity contribution in [2.45, 2.75) is 437 Å². The van der Waals surface area contributed by atoms with E-state index in [9.17, 15) is 19.4 Å². The third kappa shape index (κ3) is 74.1. The van der Waals surface area contributed by atoms with Gasteiger partial charge in [-0.2, -0.15) is 0 Å². The molecule has 0 radical (unpaired) electrons. The third-order valence-electron chi connectivity index (χ3n) is 18.8. The van der Waals surface area contributed by atoms with Gasteiger partial charge < -0.3 is 28.8 Å². The topological polar surface area (TPSA) is 108 Å². The van der Waals surface area contributed by atoms with Crippen LogP contribution in [-0.2, 0) is 18.4 Å². The summed E-state index contributed by atoms with van der Waals surface area (Å²) in [6, 6.07) is -0.910. The molecular weight excluding hydrogens is 1130 g/mol. The number of likely N-dealkylation sites (N-methyl/N-ethyl adjacent to an activating group) is 1. The van der Waals surface area contributed by atoms with Gasteiger partial charge in [0.25, 0.3) is 7.82 Å². The number of unbranched alkanes of at least 4 members (excludes halogenated alkanes) is 59. The van der Waals surface area contributed by atoms with Crippen molar-refractivity contribution in [3.05, 3.63) is 36.5 Å². The van der Waals surface area contributed by atoms with Crippen LogP contribution < -0.4 is 10.2 Å². The fourth-order valence-corrected chi connectivity index (χ4v) is 13.3. The highest BCUT2D eigenvalue weighted by molar-refractivity contribution is 7.45. The molecular formula is C81H159N2O6P. The highest BCUT2D eigenvalue weighted by atomic mass is 31.2. The second kappa shape index (κ2) is 72.0. The number of phosphoric ester groups is 1. The third-order valence-corrected chi connectivity index (χ3v) is 19.8. The number of hydrogen-bond acceptors (Lipinski definition) is 6. The van der Waals surface area contributed by atoms with Crippen LogP contribution in [-0.4, -0.2) is 68.5 Å². The summed E-state index contributed by atoms with van der Waals surface area (Å²) in [6.07, 6.45) is 97.7. The second-order valence-electron chi connectivity index (χ2n) is 29.1. The number of carbonyl (C=O) groups is 1. The van der Waals surface area contributed by atoms with E-state index in [-0.39, 0.29) is 12.5 Å². The Morgan fingerprint density at radius 2 is 0.622 bits per heavy atom. The van der Waals surface area contributed by atoms with Crippen molar-refractivity contribution in [2.24, 2.45) is 0 Å². The van der Waals surface area contributed by atoms with Crippen molar-refractivity contribution in [1.82, 2.24) is 5.32 Å². The number of aliphatic hydroxyl groups excluding tert-OH is 1. The molecule has 9 heteroatoms. The summed E-state index contributed by atoms with van der Waals surface area (Å²) in [4.78, 5) is 25.7. The predicted octanol–water partition coefficient (Wildman–Crippen LogP) is 25.7. The molecule has 90 heavy (non-hydrogen) atoms. The van der Waals surface area contributed by atoms with Gasteiger partial charge in [-0.05, 0) is 44.9 Å². The predicted molar refractivity (Wildman–Crippen MR) is 395 cm³/mol. The monoisotopic (exact) mass is 1290 g/mol. The van der Waals surface area contributed by atoms with E-state index in [1.165, 1.54) is 360 Å². The van der Waals surface area contributed by atoms with E-state index in [0.29, 0.717) is 17.4 Å². The first-order valence-corrected chi connectivity index (χ1v) is 41.8. The fraction of sp³-hybridized carbons (Fsp3) is 0.914. The van der Waals surface area contributed by atoms with E-state index >= 15 is 0 Å². The summed E-state index contributed by atoms with van der Waals surface area (Å²) < 4.78 is 23.5. The maximum atomic E-state index is 13.1. The van der Waals surface area contributed by atoms with Gasteiger partial charge in [0.05, 0.1) is 39.9 Å².